The summed E-state index contributed by atoms with van der Waals surface area (Å²) < 4.78 is 41.6. The van der Waals surface area contributed by atoms with Crippen LogP contribution in [0.5, 0.6) is 5.75 Å². The molecule has 1 amide bonds. The van der Waals surface area contributed by atoms with Gasteiger partial charge in [0, 0.05) is 50.1 Å². The second-order valence-corrected chi connectivity index (χ2v) is 7.69. The molecular weight excluding hydrogens is 417 g/mol. The number of rotatable bonds is 6. The molecule has 0 saturated carbocycles. The highest BCUT2D eigenvalue weighted by atomic mass is 32.1. The lowest BCUT2D eigenvalue weighted by atomic mass is 10.1. The molecule has 0 fully saturated rings. The lowest BCUT2D eigenvalue weighted by Crippen LogP contribution is -2.40. The van der Waals surface area contributed by atoms with Gasteiger partial charge in [-0.05, 0) is 29.5 Å². The van der Waals surface area contributed by atoms with E-state index >= 15 is 0 Å². The fraction of sp³-hybridized carbons (Fsp3) is 0.400. The van der Waals surface area contributed by atoms with Crippen LogP contribution in [0.3, 0.4) is 0 Å². The Balaban J connectivity index is 1.45. The fourth-order valence-electron chi connectivity index (χ4n) is 3.18. The zero-order valence-corrected chi connectivity index (χ0v) is 17.3. The first-order chi connectivity index (χ1) is 14.4. The summed E-state index contributed by atoms with van der Waals surface area (Å²) >= 11 is 1.73. The van der Waals surface area contributed by atoms with Crippen molar-refractivity contribution in [3.8, 4) is 5.75 Å². The van der Waals surface area contributed by atoms with Crippen molar-refractivity contribution in [1.82, 2.24) is 15.5 Å². The van der Waals surface area contributed by atoms with E-state index in [1.807, 2.05) is 10.3 Å². The first-order valence-electron chi connectivity index (χ1n) is 9.47. The highest BCUT2D eigenvalue weighted by Gasteiger charge is 2.32. The molecular formula is C20H23F3N4O2S. The lowest BCUT2D eigenvalue weighted by molar-refractivity contribution is -0.274. The molecule has 2 N–H and O–H groups in total. The maximum absolute atomic E-state index is 12.5. The standard InChI is InChI=1S/C20H23F3N4O2S/c1-24-19(26-12-14-4-2-3-5-16(14)29-20(21,22)23)25-9-6-18(28)27-10-7-17-15(13-27)8-11-30-17/h2-5,8,11H,6-7,9-10,12-13H2,1H3,(H2,24,25,26). The van der Waals surface area contributed by atoms with Crippen LogP contribution in [0.4, 0.5) is 13.2 Å². The van der Waals surface area contributed by atoms with Gasteiger partial charge in [0.25, 0.3) is 0 Å². The number of nitrogens with zero attached hydrogens (tertiary/aromatic N) is 2. The number of alkyl halides is 3. The molecule has 162 valence electrons. The first-order valence-corrected chi connectivity index (χ1v) is 10.3. The molecule has 0 atom stereocenters. The number of aliphatic imine (C=N–C) groups is 1. The SMILES string of the molecule is CN=C(NCCC(=O)N1CCc2sccc2C1)NCc1ccccc1OC(F)(F)F. The van der Waals surface area contributed by atoms with Gasteiger partial charge in [0.15, 0.2) is 5.96 Å². The van der Waals surface area contributed by atoms with Crippen LogP contribution in [0.15, 0.2) is 40.7 Å². The normalized spacial score (nSPS) is 14.3. The van der Waals surface area contributed by atoms with Crippen LogP contribution in [0.1, 0.15) is 22.4 Å². The van der Waals surface area contributed by atoms with E-state index in [0.29, 0.717) is 31.0 Å². The van der Waals surface area contributed by atoms with Gasteiger partial charge in [-0.1, -0.05) is 18.2 Å². The number of amides is 1. The van der Waals surface area contributed by atoms with E-state index in [0.717, 1.165) is 13.0 Å². The van der Waals surface area contributed by atoms with E-state index < -0.39 is 6.36 Å². The highest BCUT2D eigenvalue weighted by Crippen LogP contribution is 2.26. The first kappa shape index (κ1) is 21.9. The summed E-state index contributed by atoms with van der Waals surface area (Å²) in [6, 6.07) is 7.97. The number of hydrogen-bond donors (Lipinski definition) is 2. The minimum Gasteiger partial charge on any atom is -0.405 e. The summed E-state index contributed by atoms with van der Waals surface area (Å²) in [6.45, 7) is 1.81. The van der Waals surface area contributed by atoms with Gasteiger partial charge < -0.3 is 20.3 Å². The molecule has 1 aliphatic rings. The van der Waals surface area contributed by atoms with Crippen molar-refractivity contribution < 1.29 is 22.7 Å². The van der Waals surface area contributed by atoms with Crippen LogP contribution in [0.2, 0.25) is 0 Å². The van der Waals surface area contributed by atoms with Crippen LogP contribution < -0.4 is 15.4 Å². The van der Waals surface area contributed by atoms with Crippen LogP contribution >= 0.6 is 11.3 Å². The van der Waals surface area contributed by atoms with E-state index in [1.165, 1.54) is 22.6 Å². The van der Waals surface area contributed by atoms with Crippen molar-refractivity contribution in [2.24, 2.45) is 4.99 Å². The van der Waals surface area contributed by atoms with Crippen molar-refractivity contribution >= 4 is 23.2 Å². The van der Waals surface area contributed by atoms with Gasteiger partial charge in [-0.15, -0.1) is 24.5 Å². The van der Waals surface area contributed by atoms with Gasteiger partial charge in [0.1, 0.15) is 5.75 Å². The van der Waals surface area contributed by atoms with Gasteiger partial charge in [-0.25, -0.2) is 0 Å². The van der Waals surface area contributed by atoms with Crippen molar-refractivity contribution in [2.45, 2.75) is 32.3 Å². The second-order valence-electron chi connectivity index (χ2n) is 6.69. The summed E-state index contributed by atoms with van der Waals surface area (Å²) in [5, 5.41) is 8.01. The van der Waals surface area contributed by atoms with Crippen LogP contribution in [0, 0.1) is 0 Å². The molecule has 2 heterocycles. The fourth-order valence-corrected chi connectivity index (χ4v) is 4.07. The van der Waals surface area contributed by atoms with Crippen LogP contribution in [0.25, 0.3) is 0 Å². The minimum absolute atomic E-state index is 0.0544. The van der Waals surface area contributed by atoms with Crippen LogP contribution in [-0.2, 0) is 24.3 Å². The smallest absolute Gasteiger partial charge is 0.405 e. The Labute approximate surface area is 176 Å². The van der Waals surface area contributed by atoms with Gasteiger partial charge in [0.2, 0.25) is 5.91 Å². The Morgan fingerprint density at radius 2 is 2.07 bits per heavy atom. The van der Waals surface area contributed by atoms with Crippen molar-refractivity contribution in [3.63, 3.8) is 0 Å². The zero-order chi connectivity index (χ0) is 21.6. The number of ether oxygens (including phenoxy) is 1. The zero-order valence-electron chi connectivity index (χ0n) is 16.5. The molecule has 0 saturated heterocycles. The highest BCUT2D eigenvalue weighted by molar-refractivity contribution is 7.10. The number of thiophene rings is 1. The molecule has 0 bridgehead atoms. The van der Waals surface area contributed by atoms with Gasteiger partial charge in [-0.3, -0.25) is 9.79 Å². The Morgan fingerprint density at radius 1 is 1.27 bits per heavy atom. The molecule has 6 nitrogen and oxygen atoms in total. The molecule has 0 aliphatic carbocycles. The predicted molar refractivity (Wildman–Crippen MR) is 109 cm³/mol. The lowest BCUT2D eigenvalue weighted by Gasteiger charge is -2.27. The Bertz CT molecular complexity index is 898. The quantitative estimate of drug-likeness (QED) is 0.535. The molecule has 30 heavy (non-hydrogen) atoms. The number of carbonyl (C=O) groups is 1. The van der Waals surface area contributed by atoms with E-state index in [1.54, 1.807) is 30.5 Å². The van der Waals surface area contributed by atoms with Crippen LogP contribution in [-0.4, -0.2) is 43.3 Å². The topological polar surface area (TPSA) is 66.0 Å². The number of hydrogen-bond acceptors (Lipinski definition) is 4. The van der Waals surface area contributed by atoms with Crippen molar-refractivity contribution in [3.05, 3.63) is 51.7 Å². The molecule has 1 aromatic heterocycles. The summed E-state index contributed by atoms with van der Waals surface area (Å²) in [4.78, 5) is 19.7. The molecule has 1 aliphatic heterocycles. The third kappa shape index (κ3) is 6.12. The number of nitrogens with one attached hydrogen (secondary N) is 2. The summed E-state index contributed by atoms with van der Waals surface area (Å²) in [5.41, 5.74) is 1.55. The van der Waals surface area contributed by atoms with Crippen molar-refractivity contribution in [1.29, 1.82) is 0 Å². The Hall–Kier alpha value is -2.75. The van der Waals surface area contributed by atoms with Gasteiger partial charge >= 0.3 is 6.36 Å². The molecule has 10 heteroatoms. The van der Waals surface area contributed by atoms with E-state index in [2.05, 4.69) is 26.4 Å². The number of halogens is 3. The number of carbonyl (C=O) groups excluding carboxylic acids is 1. The van der Waals surface area contributed by atoms with Gasteiger partial charge in [0.05, 0.1) is 0 Å². The van der Waals surface area contributed by atoms with E-state index in [4.69, 9.17) is 0 Å². The third-order valence-electron chi connectivity index (χ3n) is 4.66. The Morgan fingerprint density at radius 3 is 2.83 bits per heavy atom. The molecule has 2 aromatic rings. The summed E-state index contributed by atoms with van der Waals surface area (Å²) in [7, 11) is 1.55. The number of guanidine groups is 1. The van der Waals surface area contributed by atoms with Gasteiger partial charge in [-0.2, -0.15) is 0 Å². The largest absolute Gasteiger partial charge is 0.573 e. The number of benzene rings is 1. The second kappa shape index (κ2) is 9.84. The molecule has 0 radical (unpaired) electrons. The summed E-state index contributed by atoms with van der Waals surface area (Å²) in [6.07, 6.45) is -3.57. The molecule has 0 unspecified atom stereocenters. The number of fused-ring (bicyclic) bond motifs is 1. The molecule has 1 aromatic carbocycles. The summed E-state index contributed by atoms with van der Waals surface area (Å²) in [5.74, 6) is 0.183. The Kier molecular flexibility index (Phi) is 7.20. The van der Waals surface area contributed by atoms with E-state index in [9.17, 15) is 18.0 Å². The maximum atomic E-state index is 12.5. The average Bonchev–Trinajstić information content (AvgIpc) is 3.18. The van der Waals surface area contributed by atoms with E-state index in [-0.39, 0.29) is 18.2 Å². The van der Waals surface area contributed by atoms with Crippen molar-refractivity contribution in [2.75, 3.05) is 20.1 Å². The monoisotopic (exact) mass is 440 g/mol. The minimum atomic E-state index is -4.76. The average molecular weight is 440 g/mol. The molecule has 0 spiro atoms. The maximum Gasteiger partial charge on any atom is 0.573 e. The predicted octanol–water partition coefficient (Wildman–Crippen LogP) is 3.29. The number of para-hydroxylation sites is 1. The third-order valence-corrected chi connectivity index (χ3v) is 5.68. The molecule has 3 rings (SSSR count).